The molecule has 3 rings (SSSR count). The minimum atomic E-state index is -0.669. The van der Waals surface area contributed by atoms with Crippen LogP contribution in [0.25, 0.3) is 0 Å². The van der Waals surface area contributed by atoms with Crippen molar-refractivity contribution in [1.82, 2.24) is 9.47 Å². The Bertz CT molecular complexity index is 573. The second-order valence-electron chi connectivity index (χ2n) is 5.44. The van der Waals surface area contributed by atoms with Gasteiger partial charge in [0.1, 0.15) is 12.1 Å². The first kappa shape index (κ1) is 12.9. The SMILES string of the molecule is O=C(Cn1cc(Br)ccc1=O)N1CC(O)(C2CC2)C1. The highest BCUT2D eigenvalue weighted by atomic mass is 79.9. The molecule has 5 nitrogen and oxygen atoms in total. The van der Waals surface area contributed by atoms with E-state index in [-0.39, 0.29) is 18.0 Å². The van der Waals surface area contributed by atoms with Gasteiger partial charge >= 0.3 is 0 Å². The summed E-state index contributed by atoms with van der Waals surface area (Å²) in [6.07, 6.45) is 3.72. The number of aliphatic hydroxyl groups is 1. The Hall–Kier alpha value is -1.14. The number of hydrogen-bond donors (Lipinski definition) is 1. The van der Waals surface area contributed by atoms with Crippen molar-refractivity contribution in [1.29, 1.82) is 0 Å². The van der Waals surface area contributed by atoms with Crippen LogP contribution in [0, 0.1) is 5.92 Å². The number of aromatic nitrogens is 1. The van der Waals surface area contributed by atoms with Crippen LogP contribution in [-0.4, -0.2) is 39.2 Å². The van der Waals surface area contributed by atoms with Crippen molar-refractivity contribution in [2.24, 2.45) is 5.92 Å². The second-order valence-corrected chi connectivity index (χ2v) is 6.36. The number of nitrogens with zero attached hydrogens (tertiary/aromatic N) is 2. The van der Waals surface area contributed by atoms with Crippen molar-refractivity contribution in [3.63, 3.8) is 0 Å². The zero-order valence-electron chi connectivity index (χ0n) is 10.4. The van der Waals surface area contributed by atoms with E-state index in [4.69, 9.17) is 0 Å². The molecule has 1 N–H and O–H groups in total. The first-order chi connectivity index (χ1) is 8.98. The Morgan fingerprint density at radius 3 is 2.74 bits per heavy atom. The second kappa shape index (κ2) is 4.45. The summed E-state index contributed by atoms with van der Waals surface area (Å²) in [4.78, 5) is 25.2. The van der Waals surface area contributed by atoms with Crippen LogP contribution in [-0.2, 0) is 11.3 Å². The molecule has 2 fully saturated rings. The molecule has 1 aliphatic heterocycles. The Morgan fingerprint density at radius 1 is 1.42 bits per heavy atom. The minimum Gasteiger partial charge on any atom is -0.386 e. The quantitative estimate of drug-likeness (QED) is 0.884. The predicted octanol–water partition coefficient (Wildman–Crippen LogP) is 0.594. The average Bonchev–Trinajstić information content (AvgIpc) is 3.14. The maximum atomic E-state index is 12.0. The summed E-state index contributed by atoms with van der Waals surface area (Å²) in [7, 11) is 0. The lowest BCUT2D eigenvalue weighted by Gasteiger charge is -2.47. The van der Waals surface area contributed by atoms with Gasteiger partial charge in [-0.05, 0) is 40.8 Å². The van der Waals surface area contributed by atoms with Gasteiger partial charge < -0.3 is 14.6 Å². The van der Waals surface area contributed by atoms with Gasteiger partial charge in [-0.1, -0.05) is 0 Å². The summed E-state index contributed by atoms with van der Waals surface area (Å²) in [5.74, 6) is 0.246. The first-order valence-electron chi connectivity index (χ1n) is 6.34. The molecule has 102 valence electrons. The first-order valence-corrected chi connectivity index (χ1v) is 7.13. The molecule has 1 saturated carbocycles. The van der Waals surface area contributed by atoms with Crippen LogP contribution in [0.1, 0.15) is 12.8 Å². The van der Waals surface area contributed by atoms with Gasteiger partial charge in [-0.15, -0.1) is 0 Å². The molecular weight excluding hydrogens is 312 g/mol. The maximum absolute atomic E-state index is 12.0. The van der Waals surface area contributed by atoms with Crippen molar-refractivity contribution in [2.75, 3.05) is 13.1 Å². The minimum absolute atomic E-state index is 0.0268. The largest absolute Gasteiger partial charge is 0.386 e. The van der Waals surface area contributed by atoms with Gasteiger partial charge in [0.05, 0.1) is 13.1 Å². The molecule has 0 bridgehead atoms. The van der Waals surface area contributed by atoms with Crippen LogP contribution >= 0.6 is 15.9 Å². The van der Waals surface area contributed by atoms with Crippen molar-refractivity contribution in [3.8, 4) is 0 Å². The molecular formula is C13H15BrN2O3. The maximum Gasteiger partial charge on any atom is 0.251 e. The van der Waals surface area contributed by atoms with E-state index < -0.39 is 5.60 Å². The summed E-state index contributed by atoms with van der Waals surface area (Å²) >= 11 is 3.28. The molecule has 0 spiro atoms. The van der Waals surface area contributed by atoms with Crippen LogP contribution in [0.15, 0.2) is 27.6 Å². The molecule has 0 radical (unpaired) electrons. The lowest BCUT2D eigenvalue weighted by atomic mass is 9.89. The third-order valence-electron chi connectivity index (χ3n) is 3.87. The van der Waals surface area contributed by atoms with Gasteiger partial charge in [0.2, 0.25) is 5.91 Å². The number of halogens is 1. The highest BCUT2D eigenvalue weighted by Crippen LogP contribution is 2.44. The predicted molar refractivity (Wildman–Crippen MR) is 72.7 cm³/mol. The fourth-order valence-corrected chi connectivity index (χ4v) is 2.92. The van der Waals surface area contributed by atoms with E-state index in [1.165, 1.54) is 10.6 Å². The molecule has 0 unspecified atom stereocenters. The van der Waals surface area contributed by atoms with Crippen LogP contribution in [0.2, 0.25) is 0 Å². The van der Waals surface area contributed by atoms with E-state index in [1.807, 2.05) is 0 Å². The summed E-state index contributed by atoms with van der Waals surface area (Å²) in [5, 5.41) is 10.2. The number of likely N-dealkylation sites (tertiary alicyclic amines) is 1. The zero-order chi connectivity index (χ0) is 13.6. The summed E-state index contributed by atoms with van der Waals surface area (Å²) in [5.41, 5.74) is -0.868. The van der Waals surface area contributed by atoms with Crippen LogP contribution in [0.4, 0.5) is 0 Å². The molecule has 19 heavy (non-hydrogen) atoms. The number of β-amino-alcohol motifs (C(OH)–C–C–N with tert-alkyl or cyclic N) is 1. The molecule has 0 aromatic carbocycles. The van der Waals surface area contributed by atoms with Crippen molar-refractivity contribution < 1.29 is 9.90 Å². The fourth-order valence-electron chi connectivity index (χ4n) is 2.54. The Morgan fingerprint density at radius 2 is 2.11 bits per heavy atom. The Kier molecular flexibility index (Phi) is 3.02. The van der Waals surface area contributed by atoms with E-state index in [9.17, 15) is 14.7 Å². The molecule has 6 heteroatoms. The van der Waals surface area contributed by atoms with E-state index in [2.05, 4.69) is 15.9 Å². The number of amides is 1. The highest BCUT2D eigenvalue weighted by Gasteiger charge is 2.53. The van der Waals surface area contributed by atoms with E-state index in [1.54, 1.807) is 17.2 Å². The van der Waals surface area contributed by atoms with Gasteiger partial charge in [0.15, 0.2) is 0 Å². The van der Waals surface area contributed by atoms with Crippen LogP contribution < -0.4 is 5.56 Å². The fraction of sp³-hybridized carbons (Fsp3) is 0.538. The van der Waals surface area contributed by atoms with E-state index >= 15 is 0 Å². The van der Waals surface area contributed by atoms with Crippen molar-refractivity contribution in [3.05, 3.63) is 33.2 Å². The molecule has 2 aliphatic rings. The van der Waals surface area contributed by atoms with Gasteiger partial charge in [-0.25, -0.2) is 0 Å². The van der Waals surface area contributed by atoms with Crippen molar-refractivity contribution in [2.45, 2.75) is 25.0 Å². The van der Waals surface area contributed by atoms with Gasteiger partial charge in [-0.2, -0.15) is 0 Å². The summed E-state index contributed by atoms with van der Waals surface area (Å²) in [6.45, 7) is 0.831. The Labute approximate surface area is 119 Å². The lowest BCUT2D eigenvalue weighted by Crippen LogP contribution is -2.65. The number of carbonyl (C=O) groups excluding carboxylic acids is 1. The normalized spacial score (nSPS) is 21.1. The van der Waals surface area contributed by atoms with Gasteiger partial charge in [0.25, 0.3) is 5.56 Å². The summed E-state index contributed by atoms with van der Waals surface area (Å²) < 4.78 is 2.14. The molecule has 1 amide bonds. The smallest absolute Gasteiger partial charge is 0.251 e. The van der Waals surface area contributed by atoms with Crippen LogP contribution in [0.5, 0.6) is 0 Å². The number of hydrogen-bond acceptors (Lipinski definition) is 3. The van der Waals surface area contributed by atoms with Crippen LogP contribution in [0.3, 0.4) is 0 Å². The molecule has 1 aromatic heterocycles. The number of pyridine rings is 1. The van der Waals surface area contributed by atoms with Gasteiger partial charge in [-0.3, -0.25) is 9.59 Å². The molecule has 1 saturated heterocycles. The Balaban J connectivity index is 1.63. The molecule has 1 aliphatic carbocycles. The standard InChI is InChI=1S/C13H15BrN2O3/c14-10-3-4-11(17)15(5-10)6-12(18)16-7-13(19,8-16)9-1-2-9/h3-5,9,19H,1-2,6-8H2. The lowest BCUT2D eigenvalue weighted by molar-refractivity contribution is -0.159. The third-order valence-corrected chi connectivity index (χ3v) is 4.34. The molecule has 2 heterocycles. The monoisotopic (exact) mass is 326 g/mol. The summed E-state index contributed by atoms with van der Waals surface area (Å²) in [6, 6.07) is 3.08. The topological polar surface area (TPSA) is 62.5 Å². The molecule has 0 atom stereocenters. The number of rotatable bonds is 3. The van der Waals surface area contributed by atoms with Crippen molar-refractivity contribution >= 4 is 21.8 Å². The van der Waals surface area contributed by atoms with Gasteiger partial charge in [0, 0.05) is 16.7 Å². The van der Waals surface area contributed by atoms with E-state index in [0.29, 0.717) is 19.0 Å². The zero-order valence-corrected chi connectivity index (χ0v) is 12.0. The average molecular weight is 327 g/mol. The number of carbonyl (C=O) groups is 1. The highest BCUT2D eigenvalue weighted by molar-refractivity contribution is 9.10. The van der Waals surface area contributed by atoms with E-state index in [0.717, 1.165) is 17.3 Å². The molecule has 1 aromatic rings. The third kappa shape index (κ3) is 2.47.